The summed E-state index contributed by atoms with van der Waals surface area (Å²) >= 11 is 0. The zero-order chi connectivity index (χ0) is 21.1. The molecule has 0 bridgehead atoms. The van der Waals surface area contributed by atoms with Crippen LogP contribution in [0.1, 0.15) is 25.6 Å². The fourth-order valence-corrected chi connectivity index (χ4v) is 2.91. The smallest absolute Gasteiger partial charge is 0.243 e. The minimum atomic E-state index is -0.0269. The Morgan fingerprint density at radius 3 is 2.66 bits per heavy atom. The van der Waals surface area contributed by atoms with Crippen LogP contribution in [0.2, 0.25) is 0 Å². The van der Waals surface area contributed by atoms with Gasteiger partial charge in [0.2, 0.25) is 5.91 Å². The average molecular weight is 403 g/mol. The number of rotatable bonds is 11. The minimum absolute atomic E-state index is 0.0269. The largest absolute Gasteiger partial charge is 0.382 e. The molecule has 0 aliphatic carbocycles. The van der Waals surface area contributed by atoms with Crippen LogP contribution in [0, 0.1) is 6.92 Å². The summed E-state index contributed by atoms with van der Waals surface area (Å²) in [5.41, 5.74) is 2.18. The van der Waals surface area contributed by atoms with Gasteiger partial charge < -0.3 is 24.8 Å². The second kappa shape index (κ2) is 12.1. The van der Waals surface area contributed by atoms with Crippen molar-refractivity contribution < 1.29 is 9.53 Å². The minimum Gasteiger partial charge on any atom is -0.382 e. The Morgan fingerprint density at radius 1 is 1.21 bits per heavy atom. The van der Waals surface area contributed by atoms with Crippen LogP contribution in [-0.4, -0.2) is 73.3 Å². The van der Waals surface area contributed by atoms with Crippen LogP contribution < -0.4 is 10.6 Å². The predicted molar refractivity (Wildman–Crippen MR) is 117 cm³/mol. The van der Waals surface area contributed by atoms with Gasteiger partial charge in [-0.2, -0.15) is 0 Å². The van der Waals surface area contributed by atoms with Gasteiger partial charge in [-0.15, -0.1) is 0 Å². The van der Waals surface area contributed by atoms with Gasteiger partial charge in [-0.3, -0.25) is 4.79 Å². The van der Waals surface area contributed by atoms with Gasteiger partial charge in [0.05, 0.1) is 11.0 Å². The molecule has 2 N–H and O–H groups in total. The summed E-state index contributed by atoms with van der Waals surface area (Å²) in [5.74, 6) is 1.65. The van der Waals surface area contributed by atoms with Crippen molar-refractivity contribution in [2.45, 2.75) is 33.2 Å². The number of imidazole rings is 1. The molecule has 0 radical (unpaired) electrons. The van der Waals surface area contributed by atoms with Gasteiger partial charge in [0, 0.05) is 46.9 Å². The number of aliphatic imine (C=N–C) groups is 1. The maximum Gasteiger partial charge on any atom is 0.243 e. The lowest BCUT2D eigenvalue weighted by atomic mass is 10.3. The first-order valence-corrected chi connectivity index (χ1v) is 10.2. The average Bonchev–Trinajstić information content (AvgIpc) is 3.03. The molecule has 2 rings (SSSR count). The first-order chi connectivity index (χ1) is 14.0. The van der Waals surface area contributed by atoms with Crippen molar-refractivity contribution in [3.8, 4) is 0 Å². The highest BCUT2D eigenvalue weighted by Gasteiger charge is 2.07. The number of benzene rings is 1. The molecule has 29 heavy (non-hydrogen) atoms. The number of ether oxygens (including phenoxy) is 1. The van der Waals surface area contributed by atoms with E-state index in [1.54, 1.807) is 19.0 Å². The van der Waals surface area contributed by atoms with Gasteiger partial charge in [0.25, 0.3) is 0 Å². The number of fused-ring (bicyclic) bond motifs is 1. The molecule has 0 atom stereocenters. The first-order valence-electron chi connectivity index (χ1n) is 10.2. The Bertz CT molecular complexity index is 800. The van der Waals surface area contributed by atoms with Crippen molar-refractivity contribution in [1.29, 1.82) is 0 Å². The Morgan fingerprint density at radius 2 is 1.93 bits per heavy atom. The van der Waals surface area contributed by atoms with Crippen LogP contribution in [0.15, 0.2) is 29.3 Å². The highest BCUT2D eigenvalue weighted by atomic mass is 16.5. The fraction of sp³-hybridized carbons (Fsp3) is 0.571. The van der Waals surface area contributed by atoms with E-state index in [0.29, 0.717) is 12.6 Å². The maximum atomic E-state index is 11.8. The summed E-state index contributed by atoms with van der Waals surface area (Å²) in [6.45, 7) is 7.94. The second-order valence-corrected chi connectivity index (χ2v) is 7.01. The molecule has 0 aliphatic heterocycles. The van der Waals surface area contributed by atoms with Crippen LogP contribution in [0.4, 0.5) is 0 Å². The van der Waals surface area contributed by atoms with E-state index in [-0.39, 0.29) is 12.5 Å². The molecule has 8 nitrogen and oxygen atoms in total. The van der Waals surface area contributed by atoms with Crippen LogP contribution in [0.5, 0.6) is 0 Å². The second-order valence-electron chi connectivity index (χ2n) is 7.01. The molecule has 0 fully saturated rings. The van der Waals surface area contributed by atoms with Crippen molar-refractivity contribution in [2.24, 2.45) is 4.99 Å². The van der Waals surface area contributed by atoms with E-state index in [2.05, 4.69) is 31.2 Å². The summed E-state index contributed by atoms with van der Waals surface area (Å²) in [6, 6.07) is 8.19. The molecule has 2 aromatic rings. The third kappa shape index (κ3) is 7.38. The lowest BCUT2D eigenvalue weighted by Crippen LogP contribution is -2.40. The third-order valence-electron chi connectivity index (χ3n) is 4.53. The number of carbonyl (C=O) groups is 1. The summed E-state index contributed by atoms with van der Waals surface area (Å²) in [6.07, 6.45) is 1.80. The van der Waals surface area contributed by atoms with Crippen molar-refractivity contribution in [1.82, 2.24) is 25.1 Å². The number of hydrogen-bond acceptors (Lipinski definition) is 4. The lowest BCUT2D eigenvalue weighted by Gasteiger charge is -2.14. The molecule has 1 heterocycles. The molecular weight excluding hydrogens is 368 g/mol. The van der Waals surface area contributed by atoms with E-state index in [1.807, 2.05) is 32.0 Å². The molecule has 8 heteroatoms. The van der Waals surface area contributed by atoms with Gasteiger partial charge >= 0.3 is 0 Å². The number of nitrogens with one attached hydrogen (secondary N) is 2. The molecular formula is C21H34N6O2. The number of guanidine groups is 1. The van der Waals surface area contributed by atoms with Crippen LogP contribution >= 0.6 is 0 Å². The molecule has 160 valence electrons. The Kier molecular flexibility index (Phi) is 9.43. The molecule has 0 aliphatic rings. The van der Waals surface area contributed by atoms with E-state index < -0.39 is 0 Å². The number of amides is 1. The van der Waals surface area contributed by atoms with Gasteiger partial charge in [0.1, 0.15) is 12.4 Å². The molecule has 1 aromatic carbocycles. The Hall–Kier alpha value is -2.61. The van der Waals surface area contributed by atoms with Crippen molar-refractivity contribution in [3.63, 3.8) is 0 Å². The Balaban J connectivity index is 1.86. The van der Waals surface area contributed by atoms with Crippen molar-refractivity contribution in [2.75, 3.05) is 46.9 Å². The highest BCUT2D eigenvalue weighted by Crippen LogP contribution is 2.15. The Labute approximate surface area is 173 Å². The first kappa shape index (κ1) is 22.7. The van der Waals surface area contributed by atoms with Gasteiger partial charge in [-0.05, 0) is 38.8 Å². The number of aromatic nitrogens is 2. The SMILES string of the molecule is CCOCCCNC(=NCC(=O)N(C)C)NCCCn1c(C)nc2ccccc21. The zero-order valence-corrected chi connectivity index (χ0v) is 18.1. The standard InChI is InChI=1S/C21H34N6O2/c1-5-29-15-9-13-23-21(24-16-20(28)26(3)4)22-12-8-14-27-17(2)25-18-10-6-7-11-19(18)27/h6-7,10-11H,5,8-9,12-16H2,1-4H3,(H2,22,23,24). The van der Waals surface area contributed by atoms with E-state index in [9.17, 15) is 4.79 Å². The summed E-state index contributed by atoms with van der Waals surface area (Å²) < 4.78 is 7.60. The van der Waals surface area contributed by atoms with Gasteiger partial charge in [0.15, 0.2) is 5.96 Å². The number of likely N-dealkylation sites (N-methyl/N-ethyl adjacent to an activating group) is 1. The fourth-order valence-electron chi connectivity index (χ4n) is 2.91. The zero-order valence-electron chi connectivity index (χ0n) is 18.1. The maximum absolute atomic E-state index is 11.8. The van der Waals surface area contributed by atoms with Crippen LogP contribution in [0.3, 0.4) is 0 Å². The summed E-state index contributed by atoms with van der Waals surface area (Å²) in [4.78, 5) is 22.4. The number of nitrogens with zero attached hydrogens (tertiary/aromatic N) is 4. The van der Waals surface area contributed by atoms with E-state index in [0.717, 1.165) is 55.9 Å². The number of carbonyl (C=O) groups excluding carboxylic acids is 1. The summed E-state index contributed by atoms with van der Waals surface area (Å²) in [7, 11) is 3.47. The number of hydrogen-bond donors (Lipinski definition) is 2. The third-order valence-corrected chi connectivity index (χ3v) is 4.53. The predicted octanol–water partition coefficient (Wildman–Crippen LogP) is 1.78. The van der Waals surface area contributed by atoms with Crippen LogP contribution in [-0.2, 0) is 16.1 Å². The number of para-hydroxylation sites is 2. The van der Waals surface area contributed by atoms with Crippen molar-refractivity contribution >= 4 is 22.9 Å². The summed E-state index contributed by atoms with van der Waals surface area (Å²) in [5, 5.41) is 6.61. The highest BCUT2D eigenvalue weighted by molar-refractivity contribution is 5.84. The lowest BCUT2D eigenvalue weighted by molar-refractivity contribution is -0.127. The van der Waals surface area contributed by atoms with Gasteiger partial charge in [-0.1, -0.05) is 12.1 Å². The molecule has 1 amide bonds. The quantitative estimate of drug-likeness (QED) is 0.340. The molecule has 0 spiro atoms. The normalized spacial score (nSPS) is 11.7. The molecule has 0 saturated heterocycles. The van der Waals surface area contributed by atoms with E-state index in [4.69, 9.17) is 4.74 Å². The topological polar surface area (TPSA) is 83.8 Å². The van der Waals surface area contributed by atoms with Crippen molar-refractivity contribution in [3.05, 3.63) is 30.1 Å². The van der Waals surface area contributed by atoms with E-state index >= 15 is 0 Å². The molecule has 0 saturated carbocycles. The van der Waals surface area contributed by atoms with Gasteiger partial charge in [-0.25, -0.2) is 9.98 Å². The molecule has 1 aromatic heterocycles. The van der Waals surface area contributed by atoms with E-state index in [1.165, 1.54) is 0 Å². The monoisotopic (exact) mass is 402 g/mol. The van der Waals surface area contributed by atoms with Crippen LogP contribution in [0.25, 0.3) is 11.0 Å². The molecule has 0 unspecified atom stereocenters. The number of aryl methyl sites for hydroxylation is 2.